The molecule has 2 rings (SSSR count). The van der Waals surface area contributed by atoms with Gasteiger partial charge in [0.15, 0.2) is 0 Å². The summed E-state index contributed by atoms with van der Waals surface area (Å²) >= 11 is 5.89. The molecule has 20 heavy (non-hydrogen) atoms. The van der Waals surface area contributed by atoms with Gasteiger partial charge in [-0.05, 0) is 32.0 Å². The van der Waals surface area contributed by atoms with E-state index in [1.54, 1.807) is 19.1 Å². The molecule has 0 saturated carbocycles. The number of nitrogens with one attached hydrogen (secondary N) is 2. The van der Waals surface area contributed by atoms with E-state index in [0.29, 0.717) is 16.4 Å². The SMILES string of the molecule is CCS(=O)(=O)Nc1cc(Cl)ccc1-n1[nH]c(C)cc1=O. The zero-order valence-corrected chi connectivity index (χ0v) is 12.5. The molecular formula is C12H14ClN3O3S. The standard InChI is InChI=1S/C12H14ClN3O3S/c1-3-20(18,19)15-10-7-9(13)4-5-11(10)16-12(17)6-8(2)14-16/h4-7,14-15H,3H2,1-2H3. The second-order valence-corrected chi connectivity index (χ2v) is 6.73. The van der Waals surface area contributed by atoms with E-state index in [-0.39, 0.29) is 17.0 Å². The average molecular weight is 316 g/mol. The van der Waals surface area contributed by atoms with Crippen molar-refractivity contribution in [2.24, 2.45) is 0 Å². The third-order valence-corrected chi connectivity index (χ3v) is 4.22. The summed E-state index contributed by atoms with van der Waals surface area (Å²) in [5, 5.41) is 3.22. The number of halogens is 1. The van der Waals surface area contributed by atoms with E-state index in [1.165, 1.54) is 23.7 Å². The molecule has 8 heteroatoms. The number of benzene rings is 1. The highest BCUT2D eigenvalue weighted by molar-refractivity contribution is 7.92. The molecule has 0 amide bonds. The number of hydrogen-bond donors (Lipinski definition) is 2. The minimum absolute atomic E-state index is 0.0718. The lowest BCUT2D eigenvalue weighted by Crippen LogP contribution is -2.19. The van der Waals surface area contributed by atoms with Gasteiger partial charge in [0.2, 0.25) is 10.0 Å². The van der Waals surface area contributed by atoms with Gasteiger partial charge in [0.1, 0.15) is 0 Å². The van der Waals surface area contributed by atoms with Gasteiger partial charge in [0.25, 0.3) is 5.56 Å². The topological polar surface area (TPSA) is 84.0 Å². The fourth-order valence-electron chi connectivity index (χ4n) is 1.72. The molecule has 1 heterocycles. The molecule has 0 fully saturated rings. The zero-order valence-electron chi connectivity index (χ0n) is 11.0. The van der Waals surface area contributed by atoms with Crippen LogP contribution in [0.25, 0.3) is 5.69 Å². The lowest BCUT2D eigenvalue weighted by atomic mass is 10.3. The molecule has 1 aromatic carbocycles. The smallest absolute Gasteiger partial charge is 0.271 e. The third kappa shape index (κ3) is 3.05. The van der Waals surface area contributed by atoms with Gasteiger partial charge < -0.3 is 0 Å². The Labute approximate surface area is 121 Å². The summed E-state index contributed by atoms with van der Waals surface area (Å²) in [5.74, 6) is -0.0718. The maximum atomic E-state index is 11.8. The highest BCUT2D eigenvalue weighted by Crippen LogP contribution is 2.24. The first-order chi connectivity index (χ1) is 9.32. The summed E-state index contributed by atoms with van der Waals surface area (Å²) < 4.78 is 27.1. The van der Waals surface area contributed by atoms with Crippen LogP contribution >= 0.6 is 11.6 Å². The van der Waals surface area contributed by atoms with Crippen molar-refractivity contribution in [3.05, 3.63) is 45.3 Å². The molecule has 0 radical (unpaired) electrons. The Balaban J connectivity index is 2.60. The van der Waals surface area contributed by atoms with Crippen molar-refractivity contribution >= 4 is 27.3 Å². The summed E-state index contributed by atoms with van der Waals surface area (Å²) in [6.07, 6.45) is 0. The molecule has 2 aromatic rings. The molecule has 108 valence electrons. The lowest BCUT2D eigenvalue weighted by molar-refractivity contribution is 0.602. The Morgan fingerprint density at radius 2 is 2.05 bits per heavy atom. The molecule has 0 unspecified atom stereocenters. The highest BCUT2D eigenvalue weighted by Gasteiger charge is 2.14. The number of aryl methyl sites for hydroxylation is 1. The first kappa shape index (κ1) is 14.7. The summed E-state index contributed by atoms with van der Waals surface area (Å²) in [6, 6.07) is 6.05. The van der Waals surface area contributed by atoms with Crippen LogP contribution < -0.4 is 10.3 Å². The van der Waals surface area contributed by atoms with Crippen molar-refractivity contribution in [1.82, 2.24) is 9.78 Å². The number of hydrogen-bond acceptors (Lipinski definition) is 3. The third-order valence-electron chi connectivity index (χ3n) is 2.69. The number of aromatic amines is 1. The summed E-state index contributed by atoms with van der Waals surface area (Å²) in [5.41, 5.74) is 1.05. The van der Waals surface area contributed by atoms with Gasteiger partial charge in [-0.3, -0.25) is 14.6 Å². The Morgan fingerprint density at radius 1 is 1.35 bits per heavy atom. The van der Waals surface area contributed by atoms with E-state index in [1.807, 2.05) is 0 Å². The van der Waals surface area contributed by atoms with Crippen LogP contribution in [0, 0.1) is 6.92 Å². The van der Waals surface area contributed by atoms with Gasteiger partial charge in [-0.1, -0.05) is 11.6 Å². The van der Waals surface area contributed by atoms with Gasteiger partial charge in [0.05, 0.1) is 17.1 Å². The summed E-state index contributed by atoms with van der Waals surface area (Å²) in [6.45, 7) is 3.27. The van der Waals surface area contributed by atoms with E-state index in [4.69, 9.17) is 11.6 Å². The maximum Gasteiger partial charge on any atom is 0.271 e. The van der Waals surface area contributed by atoms with Crippen LogP contribution in [0.2, 0.25) is 5.02 Å². The summed E-state index contributed by atoms with van der Waals surface area (Å²) in [7, 11) is -3.46. The molecule has 0 aliphatic rings. The van der Waals surface area contributed by atoms with E-state index < -0.39 is 10.0 Å². The first-order valence-corrected chi connectivity index (χ1v) is 7.94. The molecule has 2 N–H and O–H groups in total. The van der Waals surface area contributed by atoms with E-state index in [9.17, 15) is 13.2 Å². The maximum absolute atomic E-state index is 11.8. The normalized spacial score (nSPS) is 11.6. The van der Waals surface area contributed by atoms with Crippen LogP contribution in [0.1, 0.15) is 12.6 Å². The summed E-state index contributed by atoms with van der Waals surface area (Å²) in [4.78, 5) is 11.8. The van der Waals surface area contributed by atoms with Crippen LogP contribution in [0.5, 0.6) is 0 Å². The van der Waals surface area contributed by atoms with Crippen molar-refractivity contribution in [3.8, 4) is 5.69 Å². The van der Waals surface area contributed by atoms with Gasteiger partial charge in [-0.15, -0.1) is 0 Å². The Kier molecular flexibility index (Phi) is 3.92. The number of nitrogens with zero attached hydrogens (tertiary/aromatic N) is 1. The van der Waals surface area contributed by atoms with Crippen molar-refractivity contribution in [2.75, 3.05) is 10.5 Å². The molecule has 0 saturated heterocycles. The predicted molar refractivity (Wildman–Crippen MR) is 79.2 cm³/mol. The lowest BCUT2D eigenvalue weighted by Gasteiger charge is -2.12. The first-order valence-electron chi connectivity index (χ1n) is 5.91. The minimum atomic E-state index is -3.46. The average Bonchev–Trinajstić information content (AvgIpc) is 2.68. The van der Waals surface area contributed by atoms with Gasteiger partial charge in [-0.25, -0.2) is 13.1 Å². The molecule has 0 aliphatic carbocycles. The van der Waals surface area contributed by atoms with Crippen molar-refractivity contribution < 1.29 is 8.42 Å². The number of aromatic nitrogens is 2. The minimum Gasteiger partial charge on any atom is -0.295 e. The molecule has 0 atom stereocenters. The number of rotatable bonds is 4. The van der Waals surface area contributed by atoms with E-state index >= 15 is 0 Å². The molecule has 0 bridgehead atoms. The second kappa shape index (κ2) is 5.34. The van der Waals surface area contributed by atoms with Crippen LogP contribution in [-0.2, 0) is 10.0 Å². The van der Waals surface area contributed by atoms with Gasteiger partial charge >= 0.3 is 0 Å². The van der Waals surface area contributed by atoms with Crippen LogP contribution in [0.4, 0.5) is 5.69 Å². The molecule has 0 spiro atoms. The van der Waals surface area contributed by atoms with Crippen LogP contribution in [0.15, 0.2) is 29.1 Å². The monoisotopic (exact) mass is 315 g/mol. The van der Waals surface area contributed by atoms with Crippen LogP contribution in [-0.4, -0.2) is 24.0 Å². The Morgan fingerprint density at radius 3 is 2.60 bits per heavy atom. The Hall–Kier alpha value is -1.73. The molecule has 6 nitrogen and oxygen atoms in total. The zero-order chi connectivity index (χ0) is 14.9. The highest BCUT2D eigenvalue weighted by atomic mass is 35.5. The van der Waals surface area contributed by atoms with Crippen molar-refractivity contribution in [2.45, 2.75) is 13.8 Å². The van der Waals surface area contributed by atoms with Crippen molar-refractivity contribution in [1.29, 1.82) is 0 Å². The van der Waals surface area contributed by atoms with Crippen LogP contribution in [0.3, 0.4) is 0 Å². The fraction of sp³-hybridized carbons (Fsp3) is 0.250. The molecule has 1 aromatic heterocycles. The van der Waals surface area contributed by atoms with E-state index in [0.717, 1.165) is 0 Å². The fourth-order valence-corrected chi connectivity index (χ4v) is 2.53. The Bertz CT molecular complexity index is 793. The van der Waals surface area contributed by atoms with E-state index in [2.05, 4.69) is 9.82 Å². The number of H-pyrrole nitrogens is 1. The number of sulfonamides is 1. The number of anilines is 1. The van der Waals surface area contributed by atoms with Gasteiger partial charge in [0, 0.05) is 16.8 Å². The molecule has 0 aliphatic heterocycles. The largest absolute Gasteiger partial charge is 0.295 e. The second-order valence-electron chi connectivity index (χ2n) is 4.28. The van der Waals surface area contributed by atoms with Crippen molar-refractivity contribution in [3.63, 3.8) is 0 Å². The predicted octanol–water partition coefficient (Wildman–Crippen LogP) is 1.89. The quantitative estimate of drug-likeness (QED) is 0.903. The molecular weight excluding hydrogens is 302 g/mol. The van der Waals surface area contributed by atoms with Gasteiger partial charge in [-0.2, -0.15) is 0 Å².